The van der Waals surface area contributed by atoms with Gasteiger partial charge in [-0.2, -0.15) is 0 Å². The minimum atomic E-state index is -0.142. The van der Waals surface area contributed by atoms with Crippen molar-refractivity contribution in [2.75, 3.05) is 4.90 Å². The predicted molar refractivity (Wildman–Crippen MR) is 233 cm³/mol. The zero-order valence-electron chi connectivity index (χ0n) is 30.8. The van der Waals surface area contributed by atoms with E-state index in [9.17, 15) is 0 Å². The first-order chi connectivity index (χ1) is 27.1. The molecule has 1 unspecified atom stereocenters. The number of allylic oxidation sites excluding steroid dienone is 3. The van der Waals surface area contributed by atoms with Crippen molar-refractivity contribution in [1.29, 1.82) is 0 Å². The maximum atomic E-state index is 2.46. The van der Waals surface area contributed by atoms with Crippen molar-refractivity contribution in [3.05, 3.63) is 224 Å². The molecule has 1 atom stereocenters. The van der Waals surface area contributed by atoms with Crippen molar-refractivity contribution in [3.63, 3.8) is 0 Å². The first-order valence-electron chi connectivity index (χ1n) is 19.2. The van der Waals surface area contributed by atoms with E-state index in [4.69, 9.17) is 0 Å². The number of fused-ring (bicyclic) bond motifs is 5. The Balaban J connectivity index is 1.18. The number of rotatable bonds is 7. The third-order valence-corrected chi connectivity index (χ3v) is 11.3. The Morgan fingerprint density at radius 3 is 1.96 bits per heavy atom. The summed E-state index contributed by atoms with van der Waals surface area (Å²) in [5.74, 6) is 0. The summed E-state index contributed by atoms with van der Waals surface area (Å²) in [7, 11) is 0. The molecule has 8 aromatic carbocycles. The molecule has 0 aliphatic heterocycles. The molecule has 1 aliphatic rings. The van der Waals surface area contributed by atoms with E-state index < -0.39 is 0 Å². The summed E-state index contributed by atoms with van der Waals surface area (Å²) in [5, 5.41) is 5.06. The molecular formula is C53H40N2. The van der Waals surface area contributed by atoms with Gasteiger partial charge in [0.15, 0.2) is 0 Å². The number of hydrogen-bond donors (Lipinski definition) is 0. The van der Waals surface area contributed by atoms with Crippen LogP contribution in [-0.2, 0) is 5.41 Å². The van der Waals surface area contributed by atoms with Crippen LogP contribution in [-0.4, -0.2) is 4.57 Å². The van der Waals surface area contributed by atoms with E-state index in [1.54, 1.807) is 0 Å². The van der Waals surface area contributed by atoms with Gasteiger partial charge in [-0.1, -0.05) is 159 Å². The van der Waals surface area contributed by atoms with E-state index in [1.165, 1.54) is 60.4 Å². The summed E-state index contributed by atoms with van der Waals surface area (Å²) in [5.41, 5.74) is 13.0. The molecular weight excluding hydrogens is 665 g/mol. The summed E-state index contributed by atoms with van der Waals surface area (Å²) < 4.78 is 2.42. The van der Waals surface area contributed by atoms with Crippen LogP contribution in [0.3, 0.4) is 0 Å². The number of nitrogens with zero attached hydrogens (tertiary/aromatic N) is 2. The fourth-order valence-corrected chi connectivity index (χ4v) is 8.63. The topological polar surface area (TPSA) is 8.17 Å². The number of aromatic nitrogens is 1. The van der Waals surface area contributed by atoms with Crippen molar-refractivity contribution in [1.82, 2.24) is 4.57 Å². The van der Waals surface area contributed by atoms with Gasteiger partial charge in [0.1, 0.15) is 0 Å². The van der Waals surface area contributed by atoms with E-state index in [-0.39, 0.29) is 5.41 Å². The highest BCUT2D eigenvalue weighted by molar-refractivity contribution is 6.25. The van der Waals surface area contributed by atoms with Gasteiger partial charge in [0.25, 0.3) is 0 Å². The molecule has 2 nitrogen and oxygen atoms in total. The number of benzene rings is 8. The van der Waals surface area contributed by atoms with Gasteiger partial charge >= 0.3 is 0 Å². The van der Waals surface area contributed by atoms with Gasteiger partial charge < -0.3 is 9.47 Å². The van der Waals surface area contributed by atoms with E-state index in [0.717, 1.165) is 29.2 Å². The van der Waals surface area contributed by atoms with Crippen LogP contribution in [0.1, 0.15) is 18.9 Å². The SMILES string of the molecule is CC1(c2ccccc2)C=C(N(c2ccc(-c3ccccc3)cc2)c2cccc(-c3cccc4c3c3c5ccccc5ccc3n4-c3ccccc3)c2)C=CC1. The molecule has 10 rings (SSSR count). The minimum Gasteiger partial charge on any atom is -0.311 e. The zero-order chi connectivity index (χ0) is 36.8. The largest absolute Gasteiger partial charge is 0.311 e. The maximum absolute atomic E-state index is 2.46. The highest BCUT2D eigenvalue weighted by Gasteiger charge is 2.28. The minimum absolute atomic E-state index is 0.142. The lowest BCUT2D eigenvalue weighted by atomic mass is 9.76. The quantitative estimate of drug-likeness (QED) is 0.160. The first-order valence-corrected chi connectivity index (χ1v) is 19.2. The lowest BCUT2D eigenvalue weighted by Crippen LogP contribution is -2.25. The Morgan fingerprint density at radius 2 is 1.16 bits per heavy atom. The van der Waals surface area contributed by atoms with Crippen LogP contribution in [0.5, 0.6) is 0 Å². The molecule has 1 aromatic heterocycles. The Hall–Kier alpha value is -6.90. The number of anilines is 2. The Morgan fingerprint density at radius 1 is 0.509 bits per heavy atom. The van der Waals surface area contributed by atoms with Crippen molar-refractivity contribution in [2.45, 2.75) is 18.8 Å². The van der Waals surface area contributed by atoms with E-state index in [2.05, 4.69) is 229 Å². The molecule has 0 N–H and O–H groups in total. The number of hydrogen-bond acceptors (Lipinski definition) is 1. The van der Waals surface area contributed by atoms with E-state index in [0.29, 0.717) is 0 Å². The molecule has 0 bridgehead atoms. The van der Waals surface area contributed by atoms with Crippen LogP contribution in [0.25, 0.3) is 60.5 Å². The smallest absolute Gasteiger partial charge is 0.0547 e. The van der Waals surface area contributed by atoms with Gasteiger partial charge in [0.2, 0.25) is 0 Å². The summed E-state index contributed by atoms with van der Waals surface area (Å²) in [6, 6.07) is 70.5. The van der Waals surface area contributed by atoms with Crippen LogP contribution in [0, 0.1) is 0 Å². The van der Waals surface area contributed by atoms with Crippen LogP contribution < -0.4 is 4.90 Å². The molecule has 0 spiro atoms. The second-order valence-electron chi connectivity index (χ2n) is 14.8. The Kier molecular flexibility index (Phi) is 8.03. The highest BCUT2D eigenvalue weighted by atomic mass is 15.1. The molecule has 9 aromatic rings. The van der Waals surface area contributed by atoms with Gasteiger partial charge in [-0.05, 0) is 106 Å². The van der Waals surface area contributed by atoms with E-state index >= 15 is 0 Å². The average molecular weight is 705 g/mol. The molecule has 1 heterocycles. The van der Waals surface area contributed by atoms with Gasteiger partial charge in [-0.25, -0.2) is 0 Å². The maximum Gasteiger partial charge on any atom is 0.0547 e. The van der Waals surface area contributed by atoms with E-state index in [1.807, 2.05) is 0 Å². The summed E-state index contributed by atoms with van der Waals surface area (Å²) in [6.07, 6.45) is 8.04. The fourth-order valence-electron chi connectivity index (χ4n) is 8.63. The van der Waals surface area contributed by atoms with Crippen LogP contribution in [0.2, 0.25) is 0 Å². The highest BCUT2D eigenvalue weighted by Crippen LogP contribution is 2.44. The average Bonchev–Trinajstić information content (AvgIpc) is 3.60. The van der Waals surface area contributed by atoms with Gasteiger partial charge in [-0.3, -0.25) is 0 Å². The molecule has 0 amide bonds. The molecule has 0 saturated carbocycles. The monoisotopic (exact) mass is 704 g/mol. The molecule has 0 fully saturated rings. The lowest BCUT2D eigenvalue weighted by molar-refractivity contribution is 0.593. The summed E-state index contributed by atoms with van der Waals surface area (Å²) in [4.78, 5) is 2.43. The lowest BCUT2D eigenvalue weighted by Gasteiger charge is -2.34. The van der Waals surface area contributed by atoms with Crippen molar-refractivity contribution < 1.29 is 0 Å². The second kappa shape index (κ2) is 13.5. The molecule has 0 saturated heterocycles. The van der Waals surface area contributed by atoms with Crippen LogP contribution >= 0.6 is 0 Å². The molecule has 2 heteroatoms. The summed E-state index contributed by atoms with van der Waals surface area (Å²) >= 11 is 0. The van der Waals surface area contributed by atoms with Crippen molar-refractivity contribution in [3.8, 4) is 27.9 Å². The summed E-state index contributed by atoms with van der Waals surface area (Å²) in [6.45, 7) is 2.35. The Bertz CT molecular complexity index is 2880. The van der Waals surface area contributed by atoms with Crippen molar-refractivity contribution >= 4 is 44.0 Å². The van der Waals surface area contributed by atoms with Gasteiger partial charge in [0, 0.05) is 38.9 Å². The third kappa shape index (κ3) is 5.75. The Labute approximate surface area is 322 Å². The van der Waals surface area contributed by atoms with Crippen LogP contribution in [0.4, 0.5) is 11.4 Å². The van der Waals surface area contributed by atoms with Gasteiger partial charge in [0.05, 0.1) is 11.0 Å². The first kappa shape index (κ1) is 32.7. The molecule has 55 heavy (non-hydrogen) atoms. The normalized spacial score (nSPS) is 15.4. The fraction of sp³-hybridized carbons (Fsp3) is 0.0566. The molecule has 262 valence electrons. The van der Waals surface area contributed by atoms with Crippen LogP contribution in [0.15, 0.2) is 218 Å². The molecule has 1 aliphatic carbocycles. The third-order valence-electron chi connectivity index (χ3n) is 11.3. The predicted octanol–water partition coefficient (Wildman–Crippen LogP) is 14.2. The van der Waals surface area contributed by atoms with Gasteiger partial charge in [-0.15, -0.1) is 0 Å². The molecule has 0 radical (unpaired) electrons. The van der Waals surface area contributed by atoms with Crippen molar-refractivity contribution in [2.24, 2.45) is 0 Å². The standard InChI is InChI=1S/C53H40N2/c1-53(42-20-7-3-8-21-42)35-15-25-46(37-53)54(44-32-29-39(30-33-44)38-16-5-2-6-17-38)45-24-13-19-41(36-45)48-27-14-28-49-52(48)51-47-26-12-11-18-40(47)31-34-50(51)55(49)43-22-9-4-10-23-43/h2-34,36-37H,35H2,1H3. The zero-order valence-corrected chi connectivity index (χ0v) is 30.8. The second-order valence-corrected chi connectivity index (χ2v) is 14.8. The number of para-hydroxylation sites is 1.